The molecule has 0 radical (unpaired) electrons. The van der Waals surface area contributed by atoms with Crippen LogP contribution in [0.25, 0.3) is 0 Å². The van der Waals surface area contributed by atoms with E-state index in [-0.39, 0.29) is 6.54 Å². The quantitative estimate of drug-likeness (QED) is 0.465. The van der Waals surface area contributed by atoms with Gasteiger partial charge in [0.05, 0.1) is 18.4 Å². The van der Waals surface area contributed by atoms with Gasteiger partial charge in [0.1, 0.15) is 6.10 Å². The molecular weight excluding hydrogens is 228 g/mol. The van der Waals surface area contributed by atoms with E-state index in [1.807, 2.05) is 0 Å². The van der Waals surface area contributed by atoms with Gasteiger partial charge in [-0.3, -0.25) is 14.4 Å². The van der Waals surface area contributed by atoms with Gasteiger partial charge in [0, 0.05) is 0 Å². The number of carbonyl (C=O) groups excluding carboxylic acids is 2. The smallest absolute Gasteiger partial charge is 0.307 e. The molecule has 2 amide bonds. The van der Waals surface area contributed by atoms with Crippen LogP contribution in [0.3, 0.4) is 0 Å². The molecule has 1 saturated carbocycles. The van der Waals surface area contributed by atoms with E-state index >= 15 is 0 Å². The average molecular weight is 244 g/mol. The molecule has 0 aliphatic heterocycles. The first-order valence-electron chi connectivity index (χ1n) is 5.41. The zero-order chi connectivity index (χ0) is 13.0. The fourth-order valence-corrected chi connectivity index (χ4v) is 2.00. The molecule has 1 aliphatic carbocycles. The van der Waals surface area contributed by atoms with Crippen LogP contribution < -0.4 is 11.1 Å². The van der Waals surface area contributed by atoms with Gasteiger partial charge in [0.15, 0.2) is 0 Å². The minimum absolute atomic E-state index is 0.281. The number of nitrogens with one attached hydrogen (secondary N) is 1. The van der Waals surface area contributed by atoms with Crippen molar-refractivity contribution in [2.45, 2.75) is 25.4 Å². The van der Waals surface area contributed by atoms with Crippen molar-refractivity contribution in [2.75, 3.05) is 6.54 Å². The Kier molecular flexibility index (Phi) is 4.45. The Morgan fingerprint density at radius 2 is 1.88 bits per heavy atom. The highest BCUT2D eigenvalue weighted by Gasteiger charge is 2.37. The summed E-state index contributed by atoms with van der Waals surface area (Å²) >= 11 is 0. The molecule has 0 aromatic heterocycles. The highest BCUT2D eigenvalue weighted by Crippen LogP contribution is 2.31. The van der Waals surface area contributed by atoms with Crippen LogP contribution in [-0.2, 0) is 14.4 Å². The van der Waals surface area contributed by atoms with E-state index in [1.165, 1.54) is 0 Å². The summed E-state index contributed by atoms with van der Waals surface area (Å²) in [5.41, 5.74) is 4.82. The summed E-state index contributed by atoms with van der Waals surface area (Å²) in [4.78, 5) is 33.0. The number of aliphatic carboxylic acids is 1. The van der Waals surface area contributed by atoms with E-state index in [1.54, 1.807) is 0 Å². The van der Waals surface area contributed by atoms with Crippen LogP contribution in [0.1, 0.15) is 19.3 Å². The van der Waals surface area contributed by atoms with Gasteiger partial charge in [-0.1, -0.05) is 6.42 Å². The van der Waals surface area contributed by atoms with Crippen molar-refractivity contribution in [3.8, 4) is 0 Å². The first-order valence-corrected chi connectivity index (χ1v) is 5.41. The van der Waals surface area contributed by atoms with E-state index in [2.05, 4.69) is 5.32 Å². The van der Waals surface area contributed by atoms with Crippen LogP contribution in [0.15, 0.2) is 0 Å². The Morgan fingerprint density at radius 1 is 1.29 bits per heavy atom. The number of amides is 2. The first-order chi connectivity index (χ1) is 7.93. The Balaban J connectivity index is 2.47. The van der Waals surface area contributed by atoms with E-state index in [9.17, 15) is 14.4 Å². The molecule has 7 heteroatoms. The number of hydrogen-bond acceptors (Lipinski definition) is 4. The second-order valence-corrected chi connectivity index (χ2v) is 4.15. The van der Waals surface area contributed by atoms with Crippen molar-refractivity contribution in [1.29, 1.82) is 0 Å². The zero-order valence-corrected chi connectivity index (χ0v) is 9.26. The third-order valence-electron chi connectivity index (χ3n) is 2.97. The minimum atomic E-state index is -1.44. The van der Waals surface area contributed by atoms with Crippen molar-refractivity contribution in [3.63, 3.8) is 0 Å². The number of aliphatic hydroxyl groups is 1. The molecule has 0 bridgehead atoms. The summed E-state index contributed by atoms with van der Waals surface area (Å²) in [5, 5.41) is 20.3. The van der Waals surface area contributed by atoms with E-state index in [4.69, 9.17) is 15.9 Å². The van der Waals surface area contributed by atoms with Crippen molar-refractivity contribution >= 4 is 17.8 Å². The van der Waals surface area contributed by atoms with Crippen LogP contribution >= 0.6 is 0 Å². The van der Waals surface area contributed by atoms with Crippen molar-refractivity contribution in [2.24, 2.45) is 17.6 Å². The van der Waals surface area contributed by atoms with Gasteiger partial charge in [0.25, 0.3) is 0 Å². The third-order valence-corrected chi connectivity index (χ3v) is 2.97. The highest BCUT2D eigenvalue weighted by molar-refractivity contribution is 5.86. The fraction of sp³-hybridized carbons (Fsp3) is 0.700. The predicted molar refractivity (Wildman–Crippen MR) is 56.7 cm³/mol. The molecule has 0 saturated heterocycles. The molecule has 0 aromatic carbocycles. The fourth-order valence-electron chi connectivity index (χ4n) is 2.00. The lowest BCUT2D eigenvalue weighted by molar-refractivity contribution is -0.146. The zero-order valence-electron chi connectivity index (χ0n) is 9.26. The summed E-state index contributed by atoms with van der Waals surface area (Å²) < 4.78 is 0. The number of nitrogens with two attached hydrogens (primary N) is 1. The van der Waals surface area contributed by atoms with Crippen LogP contribution in [0.2, 0.25) is 0 Å². The lowest BCUT2D eigenvalue weighted by Gasteiger charge is -2.16. The molecule has 1 aliphatic rings. The van der Waals surface area contributed by atoms with Crippen LogP contribution in [0, 0.1) is 11.8 Å². The molecule has 1 fully saturated rings. The highest BCUT2D eigenvalue weighted by atomic mass is 16.4. The van der Waals surface area contributed by atoms with Gasteiger partial charge in [-0.2, -0.15) is 0 Å². The second-order valence-electron chi connectivity index (χ2n) is 4.15. The SMILES string of the molecule is NC(=O)C(O)CNC(=O)C1CCCC1C(=O)O. The summed E-state index contributed by atoms with van der Waals surface area (Å²) in [6.45, 7) is -0.281. The summed E-state index contributed by atoms with van der Waals surface area (Å²) in [7, 11) is 0. The average Bonchev–Trinajstić information content (AvgIpc) is 2.73. The van der Waals surface area contributed by atoms with E-state index in [0.29, 0.717) is 19.3 Å². The largest absolute Gasteiger partial charge is 0.481 e. The van der Waals surface area contributed by atoms with Crippen LogP contribution in [0.4, 0.5) is 0 Å². The molecule has 0 spiro atoms. The molecule has 5 N–H and O–H groups in total. The van der Waals surface area contributed by atoms with E-state index in [0.717, 1.165) is 0 Å². The van der Waals surface area contributed by atoms with Gasteiger partial charge in [-0.05, 0) is 12.8 Å². The molecule has 3 unspecified atom stereocenters. The molecular formula is C10H16N2O5. The lowest BCUT2D eigenvalue weighted by Crippen LogP contribution is -2.43. The maximum Gasteiger partial charge on any atom is 0.307 e. The van der Waals surface area contributed by atoms with Crippen molar-refractivity contribution in [1.82, 2.24) is 5.32 Å². The van der Waals surface area contributed by atoms with Gasteiger partial charge < -0.3 is 21.3 Å². The van der Waals surface area contributed by atoms with Crippen molar-refractivity contribution < 1.29 is 24.6 Å². The Bertz CT molecular complexity index is 331. The molecule has 17 heavy (non-hydrogen) atoms. The third kappa shape index (κ3) is 3.42. The van der Waals surface area contributed by atoms with Gasteiger partial charge >= 0.3 is 5.97 Å². The number of aliphatic hydroxyl groups excluding tert-OH is 1. The molecule has 7 nitrogen and oxygen atoms in total. The molecule has 96 valence electrons. The number of carbonyl (C=O) groups is 3. The summed E-state index contributed by atoms with van der Waals surface area (Å²) in [5.74, 6) is -3.63. The van der Waals surface area contributed by atoms with Gasteiger partial charge in [-0.25, -0.2) is 0 Å². The Labute approximate surface area is 98.0 Å². The van der Waals surface area contributed by atoms with E-state index < -0.39 is 35.7 Å². The number of carboxylic acid groups (broad SMARTS) is 1. The standard InChI is InChI=1S/C10H16N2O5/c11-8(14)7(13)4-12-9(15)5-2-1-3-6(5)10(16)17/h5-7,13H,1-4H2,(H2,11,14)(H,12,15)(H,16,17). The minimum Gasteiger partial charge on any atom is -0.481 e. The Hall–Kier alpha value is -1.63. The molecule has 0 aromatic rings. The van der Waals surface area contributed by atoms with Crippen LogP contribution in [0.5, 0.6) is 0 Å². The molecule has 0 heterocycles. The number of rotatable bonds is 5. The maximum atomic E-state index is 11.6. The number of primary amides is 1. The molecule has 1 rings (SSSR count). The summed E-state index contributed by atoms with van der Waals surface area (Å²) in [6.07, 6.45) is 0.234. The lowest BCUT2D eigenvalue weighted by atomic mass is 9.95. The second kappa shape index (κ2) is 5.62. The molecule has 3 atom stereocenters. The number of carboxylic acids is 1. The van der Waals surface area contributed by atoms with Gasteiger partial charge in [-0.15, -0.1) is 0 Å². The Morgan fingerprint density at radius 3 is 2.41 bits per heavy atom. The summed E-state index contributed by atoms with van der Waals surface area (Å²) in [6, 6.07) is 0. The predicted octanol–water partition coefficient (Wildman–Crippen LogP) is -1.55. The van der Waals surface area contributed by atoms with Gasteiger partial charge in [0.2, 0.25) is 11.8 Å². The van der Waals surface area contributed by atoms with Crippen LogP contribution in [-0.4, -0.2) is 40.6 Å². The monoisotopic (exact) mass is 244 g/mol. The normalized spacial score (nSPS) is 25.2. The first kappa shape index (κ1) is 13.4. The number of hydrogen-bond donors (Lipinski definition) is 4. The maximum absolute atomic E-state index is 11.6. The topological polar surface area (TPSA) is 130 Å². The van der Waals surface area contributed by atoms with Crippen molar-refractivity contribution in [3.05, 3.63) is 0 Å².